The lowest BCUT2D eigenvalue weighted by Gasteiger charge is -2.10. The molecule has 0 radical (unpaired) electrons. The van der Waals surface area contributed by atoms with E-state index in [0.717, 1.165) is 5.56 Å². The molecule has 0 aliphatic rings. The van der Waals surface area contributed by atoms with Gasteiger partial charge in [0, 0.05) is 16.8 Å². The van der Waals surface area contributed by atoms with Gasteiger partial charge in [-0.2, -0.15) is 0 Å². The number of anilines is 2. The molecule has 3 aromatic carbocycles. The van der Waals surface area contributed by atoms with Gasteiger partial charge < -0.3 is 29.7 Å². The number of oxime groups is 1. The molecule has 0 bridgehead atoms. The number of methoxy groups -OCH3 is 2. The Kier molecular flexibility index (Phi) is 9.07. The van der Waals surface area contributed by atoms with Crippen molar-refractivity contribution in [3.05, 3.63) is 77.9 Å². The minimum absolute atomic E-state index is 0.277. The van der Waals surface area contributed by atoms with Crippen LogP contribution in [0.15, 0.2) is 71.9 Å². The third-order valence-electron chi connectivity index (χ3n) is 4.75. The van der Waals surface area contributed by atoms with Crippen LogP contribution in [-0.2, 0) is 9.63 Å². The van der Waals surface area contributed by atoms with Crippen molar-refractivity contribution in [2.45, 2.75) is 6.92 Å². The highest BCUT2D eigenvalue weighted by Crippen LogP contribution is 2.27. The molecule has 9 heteroatoms. The van der Waals surface area contributed by atoms with E-state index in [0.29, 0.717) is 40.8 Å². The number of rotatable bonds is 11. The number of nitrogens with one attached hydrogen (secondary N) is 2. The highest BCUT2D eigenvalue weighted by molar-refractivity contribution is 6.05. The van der Waals surface area contributed by atoms with Crippen LogP contribution in [0, 0.1) is 0 Å². The van der Waals surface area contributed by atoms with Gasteiger partial charge in [0.2, 0.25) is 0 Å². The number of carbonyl (C=O) groups excluding carboxylic acids is 2. The Morgan fingerprint density at radius 2 is 1.63 bits per heavy atom. The van der Waals surface area contributed by atoms with E-state index < -0.39 is 5.91 Å². The maximum atomic E-state index is 12.5. The van der Waals surface area contributed by atoms with Crippen molar-refractivity contribution in [2.75, 3.05) is 38.1 Å². The van der Waals surface area contributed by atoms with E-state index in [9.17, 15) is 9.59 Å². The highest BCUT2D eigenvalue weighted by atomic mass is 16.6. The van der Waals surface area contributed by atoms with Crippen LogP contribution in [0.5, 0.6) is 17.2 Å². The Morgan fingerprint density at radius 1 is 0.886 bits per heavy atom. The van der Waals surface area contributed by atoms with Crippen LogP contribution in [0.25, 0.3) is 0 Å². The van der Waals surface area contributed by atoms with Crippen molar-refractivity contribution in [3.8, 4) is 17.2 Å². The molecule has 0 atom stereocenters. The van der Waals surface area contributed by atoms with E-state index in [1.54, 1.807) is 67.8 Å². The molecule has 0 saturated carbocycles. The van der Waals surface area contributed by atoms with Crippen LogP contribution in [0.3, 0.4) is 0 Å². The molecular weight excluding hydrogens is 450 g/mol. The van der Waals surface area contributed by atoms with Crippen molar-refractivity contribution in [2.24, 2.45) is 5.16 Å². The van der Waals surface area contributed by atoms with Crippen molar-refractivity contribution in [1.82, 2.24) is 0 Å². The zero-order valence-electron chi connectivity index (χ0n) is 19.7. The summed E-state index contributed by atoms with van der Waals surface area (Å²) in [5, 5.41) is 9.31. The summed E-state index contributed by atoms with van der Waals surface area (Å²) in [6, 6.07) is 18.9. The quantitative estimate of drug-likeness (QED) is 0.314. The second-order valence-electron chi connectivity index (χ2n) is 7.13. The average molecular weight is 478 g/mol. The molecule has 35 heavy (non-hydrogen) atoms. The van der Waals surface area contributed by atoms with E-state index >= 15 is 0 Å². The third-order valence-corrected chi connectivity index (χ3v) is 4.75. The Hall–Kier alpha value is -4.53. The maximum absolute atomic E-state index is 12.5. The van der Waals surface area contributed by atoms with Gasteiger partial charge in [-0.3, -0.25) is 9.59 Å². The fourth-order valence-electron chi connectivity index (χ4n) is 3.08. The molecule has 182 valence electrons. The molecular formula is C26H27N3O6. The summed E-state index contributed by atoms with van der Waals surface area (Å²) < 4.78 is 16.0. The number of ether oxygens (including phenoxy) is 3. The minimum Gasteiger partial charge on any atom is -0.495 e. The highest BCUT2D eigenvalue weighted by Gasteiger charge is 2.10. The zero-order chi connectivity index (χ0) is 25.0. The minimum atomic E-state index is -0.391. The fourth-order valence-corrected chi connectivity index (χ4v) is 3.08. The SMILES string of the molecule is CCOc1ccc(C=NOCC(=O)Nc2ccc(C(=O)Nc3ccccc3OC)cc2)cc1OC. The summed E-state index contributed by atoms with van der Waals surface area (Å²) >= 11 is 0. The molecule has 3 aromatic rings. The first-order valence-corrected chi connectivity index (χ1v) is 10.8. The summed E-state index contributed by atoms with van der Waals surface area (Å²) in [4.78, 5) is 29.7. The summed E-state index contributed by atoms with van der Waals surface area (Å²) in [7, 11) is 3.09. The molecule has 0 spiro atoms. The number of hydrogen-bond donors (Lipinski definition) is 2. The van der Waals surface area contributed by atoms with Crippen LogP contribution in [-0.4, -0.2) is 45.5 Å². The van der Waals surface area contributed by atoms with Gasteiger partial charge in [0.25, 0.3) is 11.8 Å². The molecule has 0 fully saturated rings. The second-order valence-corrected chi connectivity index (χ2v) is 7.13. The average Bonchev–Trinajstić information content (AvgIpc) is 2.88. The van der Waals surface area contributed by atoms with Gasteiger partial charge in [-0.15, -0.1) is 0 Å². The zero-order valence-corrected chi connectivity index (χ0v) is 19.7. The Balaban J connectivity index is 1.48. The van der Waals surface area contributed by atoms with Gasteiger partial charge in [0.1, 0.15) is 5.75 Å². The van der Waals surface area contributed by atoms with Gasteiger partial charge >= 0.3 is 0 Å². The molecule has 0 aromatic heterocycles. The van der Waals surface area contributed by atoms with E-state index in [1.807, 2.05) is 13.0 Å². The first-order chi connectivity index (χ1) is 17.0. The molecule has 0 aliphatic heterocycles. The molecule has 3 rings (SSSR count). The number of benzene rings is 3. The smallest absolute Gasteiger partial charge is 0.265 e. The van der Waals surface area contributed by atoms with E-state index in [4.69, 9.17) is 19.0 Å². The number of hydrogen-bond acceptors (Lipinski definition) is 7. The molecule has 2 N–H and O–H groups in total. The number of amides is 2. The Bertz CT molecular complexity index is 1180. The first kappa shape index (κ1) is 25.1. The summed E-state index contributed by atoms with van der Waals surface area (Å²) in [6.07, 6.45) is 1.47. The van der Waals surface area contributed by atoms with Crippen LogP contribution in [0.4, 0.5) is 11.4 Å². The van der Waals surface area contributed by atoms with Crippen molar-refractivity contribution in [3.63, 3.8) is 0 Å². The van der Waals surface area contributed by atoms with Gasteiger partial charge in [-0.1, -0.05) is 17.3 Å². The number of para-hydroxylation sites is 2. The molecule has 2 amide bonds. The Labute approximate surface area is 203 Å². The number of nitrogens with zero attached hydrogens (tertiary/aromatic N) is 1. The lowest BCUT2D eigenvalue weighted by Crippen LogP contribution is -2.17. The lowest BCUT2D eigenvalue weighted by atomic mass is 10.2. The molecule has 9 nitrogen and oxygen atoms in total. The largest absolute Gasteiger partial charge is 0.495 e. The van der Waals surface area contributed by atoms with Gasteiger partial charge in [0.05, 0.1) is 32.7 Å². The Morgan fingerprint density at radius 3 is 2.34 bits per heavy atom. The van der Waals surface area contributed by atoms with E-state index in [-0.39, 0.29) is 12.5 Å². The topological polar surface area (TPSA) is 107 Å². The number of carbonyl (C=O) groups is 2. The monoisotopic (exact) mass is 477 g/mol. The molecule has 0 saturated heterocycles. The van der Waals surface area contributed by atoms with Crippen molar-refractivity contribution < 1.29 is 28.6 Å². The summed E-state index contributed by atoms with van der Waals surface area (Å²) in [6.45, 7) is 2.14. The lowest BCUT2D eigenvalue weighted by molar-refractivity contribution is -0.120. The fraction of sp³-hybridized carbons (Fsp3) is 0.192. The van der Waals surface area contributed by atoms with Crippen molar-refractivity contribution >= 4 is 29.4 Å². The van der Waals surface area contributed by atoms with Gasteiger partial charge in [-0.25, -0.2) is 0 Å². The molecule has 0 heterocycles. The van der Waals surface area contributed by atoms with Crippen LogP contribution < -0.4 is 24.8 Å². The maximum Gasteiger partial charge on any atom is 0.265 e. The van der Waals surface area contributed by atoms with E-state index in [2.05, 4.69) is 15.8 Å². The van der Waals surface area contributed by atoms with Gasteiger partial charge in [-0.05, 0) is 61.5 Å². The third kappa shape index (κ3) is 7.23. The second kappa shape index (κ2) is 12.6. The van der Waals surface area contributed by atoms with Crippen LogP contribution >= 0.6 is 0 Å². The predicted octanol–water partition coefficient (Wildman–Crippen LogP) is 4.34. The normalized spacial score (nSPS) is 10.5. The molecule has 0 unspecified atom stereocenters. The van der Waals surface area contributed by atoms with E-state index in [1.165, 1.54) is 13.3 Å². The standard InChI is InChI=1S/C26H27N3O6/c1-4-34-23-14-9-18(15-24(23)33-3)16-27-35-17-25(30)28-20-12-10-19(11-13-20)26(31)29-21-7-5-6-8-22(21)32-2/h5-16H,4,17H2,1-3H3,(H,28,30)(H,29,31). The molecule has 0 aliphatic carbocycles. The summed E-state index contributed by atoms with van der Waals surface area (Å²) in [5.74, 6) is 1.09. The van der Waals surface area contributed by atoms with Gasteiger partial charge in [0.15, 0.2) is 18.1 Å². The summed E-state index contributed by atoms with van der Waals surface area (Å²) in [5.41, 5.74) is 2.25. The van der Waals surface area contributed by atoms with Crippen molar-refractivity contribution in [1.29, 1.82) is 0 Å². The first-order valence-electron chi connectivity index (χ1n) is 10.8. The predicted molar refractivity (Wildman–Crippen MR) is 134 cm³/mol. The van der Waals surface area contributed by atoms with Crippen LogP contribution in [0.1, 0.15) is 22.8 Å². The van der Waals surface area contributed by atoms with Crippen LogP contribution in [0.2, 0.25) is 0 Å².